The molecule has 1 aliphatic heterocycles. The molecule has 0 spiro atoms. The van der Waals surface area contributed by atoms with E-state index >= 15 is 0 Å². The molecular formula is C40H51ClN8O3. The van der Waals surface area contributed by atoms with Crippen molar-refractivity contribution in [3.63, 3.8) is 0 Å². The number of hydrogen-bond donors (Lipinski definition) is 4. The van der Waals surface area contributed by atoms with E-state index in [1.54, 1.807) is 13.3 Å². The summed E-state index contributed by atoms with van der Waals surface area (Å²) in [5, 5.41) is 13.0. The second-order valence-electron chi connectivity index (χ2n) is 15.3. The van der Waals surface area contributed by atoms with E-state index < -0.39 is 0 Å². The Hall–Kier alpha value is -4.35. The fraction of sp³-hybridized carbons (Fsp3) is 0.500. The summed E-state index contributed by atoms with van der Waals surface area (Å²) in [6, 6.07) is 13.6. The van der Waals surface area contributed by atoms with Crippen LogP contribution in [0.15, 0.2) is 61.3 Å². The molecule has 276 valence electrons. The van der Waals surface area contributed by atoms with Crippen LogP contribution >= 0.6 is 11.6 Å². The number of carbonyl (C=O) groups is 2. The zero-order chi connectivity index (χ0) is 36.1. The average Bonchev–Trinajstić information content (AvgIpc) is 3.13. The Kier molecular flexibility index (Phi) is 11.2. The van der Waals surface area contributed by atoms with Crippen molar-refractivity contribution in [1.29, 1.82) is 0 Å². The van der Waals surface area contributed by atoms with Crippen LogP contribution in [-0.4, -0.2) is 73.1 Å². The van der Waals surface area contributed by atoms with Gasteiger partial charge in [-0.15, -0.1) is 0 Å². The fourth-order valence-corrected chi connectivity index (χ4v) is 9.62. The molecule has 0 radical (unpaired) electrons. The molecule has 5 aliphatic rings. The minimum Gasteiger partial charge on any atom is -0.494 e. The van der Waals surface area contributed by atoms with Crippen LogP contribution in [0.3, 0.4) is 0 Å². The molecule has 2 heterocycles. The van der Waals surface area contributed by atoms with E-state index in [1.807, 2.05) is 36.4 Å². The zero-order valence-electron chi connectivity index (χ0n) is 30.1. The van der Waals surface area contributed by atoms with Crippen molar-refractivity contribution in [3.8, 4) is 5.75 Å². The Morgan fingerprint density at radius 3 is 2.50 bits per heavy atom. The summed E-state index contributed by atoms with van der Waals surface area (Å²) in [6.07, 6.45) is 12.6. The average molecular weight is 727 g/mol. The van der Waals surface area contributed by atoms with Crippen LogP contribution < -0.4 is 30.9 Å². The van der Waals surface area contributed by atoms with Gasteiger partial charge < -0.3 is 30.9 Å². The first-order valence-corrected chi connectivity index (χ1v) is 19.1. The van der Waals surface area contributed by atoms with Crippen LogP contribution in [0, 0.1) is 23.2 Å². The van der Waals surface area contributed by atoms with E-state index in [1.165, 1.54) is 44.6 Å². The Labute approximate surface area is 311 Å². The molecule has 1 aromatic heterocycles. The zero-order valence-corrected chi connectivity index (χ0v) is 30.9. The quantitative estimate of drug-likeness (QED) is 0.0984. The first-order valence-electron chi connectivity index (χ1n) is 18.7. The van der Waals surface area contributed by atoms with E-state index in [0.717, 1.165) is 86.8 Å². The summed E-state index contributed by atoms with van der Waals surface area (Å²) in [5.74, 6) is 4.21. The Morgan fingerprint density at radius 1 is 1.04 bits per heavy atom. The van der Waals surface area contributed by atoms with Crippen LogP contribution in [0.2, 0.25) is 5.02 Å². The van der Waals surface area contributed by atoms with Crippen molar-refractivity contribution in [2.24, 2.45) is 23.2 Å². The molecule has 5 fully saturated rings. The van der Waals surface area contributed by atoms with Crippen LogP contribution in [0.4, 0.5) is 28.8 Å². The fourth-order valence-electron chi connectivity index (χ4n) is 9.46. The number of anilines is 5. The van der Waals surface area contributed by atoms with E-state index in [0.29, 0.717) is 40.2 Å². The third-order valence-electron chi connectivity index (χ3n) is 11.4. The van der Waals surface area contributed by atoms with E-state index in [-0.39, 0.29) is 11.8 Å². The second-order valence-corrected chi connectivity index (χ2v) is 15.7. The van der Waals surface area contributed by atoms with E-state index in [4.69, 9.17) is 16.3 Å². The lowest BCUT2D eigenvalue weighted by molar-refractivity contribution is -0.129. The molecule has 0 atom stereocenters. The molecule has 4 saturated carbocycles. The number of nitrogens with one attached hydrogen (secondary N) is 4. The Balaban J connectivity index is 0.857. The molecule has 1 saturated heterocycles. The number of amides is 2. The van der Waals surface area contributed by atoms with Crippen molar-refractivity contribution in [1.82, 2.24) is 20.2 Å². The molecule has 8 rings (SSSR count). The summed E-state index contributed by atoms with van der Waals surface area (Å²) in [7, 11) is 1.66. The summed E-state index contributed by atoms with van der Waals surface area (Å²) in [5.41, 5.74) is 3.77. The van der Waals surface area contributed by atoms with Crippen molar-refractivity contribution in [2.45, 2.75) is 57.9 Å². The third-order valence-corrected chi connectivity index (χ3v) is 11.7. The maximum atomic E-state index is 12.9. The molecule has 2 aromatic carbocycles. The summed E-state index contributed by atoms with van der Waals surface area (Å²) in [6.45, 7) is 9.50. The Morgan fingerprint density at radius 2 is 1.79 bits per heavy atom. The molecule has 4 bridgehead atoms. The van der Waals surface area contributed by atoms with Gasteiger partial charge in [-0.1, -0.05) is 30.3 Å². The number of ether oxygens (including phenoxy) is 1. The topological polar surface area (TPSA) is 124 Å². The molecule has 12 heteroatoms. The van der Waals surface area contributed by atoms with Gasteiger partial charge in [-0.2, -0.15) is 4.98 Å². The SMILES string of the molecule is C=CC(=O)Nc1cccc(CNc2nc(Nc3ccc(N4CCN(CCCNC(=O)CC56CC7CC(CC(C7)C5)C6)CC4)cc3OC)ncc2Cl)c1. The van der Waals surface area contributed by atoms with Crippen molar-refractivity contribution < 1.29 is 14.3 Å². The van der Waals surface area contributed by atoms with Gasteiger partial charge in [0, 0.05) is 63.1 Å². The summed E-state index contributed by atoms with van der Waals surface area (Å²) in [4.78, 5) is 38.5. The highest BCUT2D eigenvalue weighted by Gasteiger charge is 2.51. The number of piperazine rings is 1. The predicted molar refractivity (Wildman–Crippen MR) is 207 cm³/mol. The molecule has 52 heavy (non-hydrogen) atoms. The van der Waals surface area contributed by atoms with Gasteiger partial charge in [0.25, 0.3) is 0 Å². The number of halogens is 1. The monoisotopic (exact) mass is 726 g/mol. The van der Waals surface area contributed by atoms with Gasteiger partial charge in [-0.25, -0.2) is 4.98 Å². The number of methoxy groups -OCH3 is 1. The van der Waals surface area contributed by atoms with Crippen molar-refractivity contribution >= 4 is 52.2 Å². The number of benzene rings is 2. The highest BCUT2D eigenvalue weighted by molar-refractivity contribution is 6.32. The second kappa shape index (κ2) is 16.1. The number of aromatic nitrogens is 2. The highest BCUT2D eigenvalue weighted by Crippen LogP contribution is 2.61. The maximum Gasteiger partial charge on any atom is 0.247 e. The standard InChI is InChI=1S/C40H51ClN8O3/c1-3-36(50)45-31-7-4-6-27(19-31)25-43-38-33(41)26-44-39(47-38)46-34-9-8-32(20-35(34)52-2)49-14-12-48(13-15-49)11-5-10-42-37(51)24-40-21-28-16-29(22-40)18-30(17-28)23-40/h3-4,6-9,19-20,26,28-30H,1,5,10-18,21-25H2,2H3,(H,42,51)(H,45,50)(H2,43,44,46,47). The highest BCUT2D eigenvalue weighted by atomic mass is 35.5. The van der Waals surface area contributed by atoms with E-state index in [2.05, 4.69) is 53.7 Å². The molecule has 4 N–H and O–H groups in total. The van der Waals surface area contributed by atoms with Crippen molar-refractivity contribution in [3.05, 3.63) is 71.9 Å². The van der Waals surface area contributed by atoms with Gasteiger partial charge >= 0.3 is 0 Å². The summed E-state index contributed by atoms with van der Waals surface area (Å²) < 4.78 is 5.77. The molecule has 3 aromatic rings. The number of rotatable bonds is 15. The molecule has 0 unspecified atom stereocenters. The van der Waals surface area contributed by atoms with Gasteiger partial charge in [-0.05, 0) is 111 Å². The molecule has 4 aliphatic carbocycles. The molecular weight excluding hydrogens is 676 g/mol. The third kappa shape index (κ3) is 8.81. The van der Waals surface area contributed by atoms with Gasteiger partial charge in [-0.3, -0.25) is 14.5 Å². The van der Waals surface area contributed by atoms with Gasteiger partial charge in [0.15, 0.2) is 5.82 Å². The summed E-state index contributed by atoms with van der Waals surface area (Å²) >= 11 is 6.43. The first kappa shape index (κ1) is 36.0. The number of hydrogen-bond acceptors (Lipinski definition) is 9. The first-order chi connectivity index (χ1) is 25.3. The van der Waals surface area contributed by atoms with E-state index in [9.17, 15) is 9.59 Å². The van der Waals surface area contributed by atoms with Crippen LogP contribution in [0.1, 0.15) is 56.9 Å². The lowest BCUT2D eigenvalue weighted by Crippen LogP contribution is -2.48. The van der Waals surface area contributed by atoms with Crippen LogP contribution in [-0.2, 0) is 16.1 Å². The van der Waals surface area contributed by atoms with Gasteiger partial charge in [0.05, 0.1) is 19.0 Å². The normalized spacial score (nSPS) is 23.6. The maximum absolute atomic E-state index is 12.9. The predicted octanol–water partition coefficient (Wildman–Crippen LogP) is 6.85. The number of carbonyl (C=O) groups excluding carboxylic acids is 2. The van der Waals surface area contributed by atoms with Crippen LogP contribution in [0.25, 0.3) is 0 Å². The van der Waals surface area contributed by atoms with Gasteiger partial charge in [0.1, 0.15) is 10.8 Å². The lowest BCUT2D eigenvalue weighted by atomic mass is 9.49. The number of nitrogens with zero attached hydrogens (tertiary/aromatic N) is 4. The Bertz CT molecular complexity index is 1720. The van der Waals surface area contributed by atoms with Crippen LogP contribution in [0.5, 0.6) is 5.75 Å². The smallest absolute Gasteiger partial charge is 0.247 e. The molecule has 11 nitrogen and oxygen atoms in total. The lowest BCUT2D eigenvalue weighted by Gasteiger charge is -2.56. The minimum atomic E-state index is -0.267. The van der Waals surface area contributed by atoms with Crippen molar-refractivity contribution in [2.75, 3.05) is 67.2 Å². The molecule has 2 amide bonds. The van der Waals surface area contributed by atoms with Gasteiger partial charge in [0.2, 0.25) is 17.8 Å². The minimum absolute atomic E-state index is 0.267. The largest absolute Gasteiger partial charge is 0.494 e.